The van der Waals surface area contributed by atoms with Crippen molar-refractivity contribution in [2.45, 2.75) is 50.8 Å². The van der Waals surface area contributed by atoms with Gasteiger partial charge in [-0.2, -0.15) is 0 Å². The number of amides is 2. The van der Waals surface area contributed by atoms with E-state index >= 15 is 4.39 Å². The van der Waals surface area contributed by atoms with Crippen LogP contribution in [0.1, 0.15) is 33.6 Å². The molecule has 0 radical (unpaired) electrons. The molecule has 5 nitrogen and oxygen atoms in total. The standard InChI is InChI=1S/C24H24ClFN2O3/c1-23(2,3)31-22(30)28-19(11-15-16-12-24(15,16)28)21(29)27-18-10-6-8-14(20(18)26)13-7-4-5-9-17(13)25/h4-10,15-16,19H,11-12H2,1-3H3,(H,27,29). The van der Waals surface area contributed by atoms with Crippen molar-refractivity contribution in [2.24, 2.45) is 11.8 Å². The van der Waals surface area contributed by atoms with Gasteiger partial charge in [0.25, 0.3) is 0 Å². The number of likely N-dealkylation sites (tertiary alicyclic amines) is 1. The summed E-state index contributed by atoms with van der Waals surface area (Å²) >= 11 is 6.23. The average molecular weight is 443 g/mol. The fourth-order valence-corrected chi connectivity index (χ4v) is 5.28. The Morgan fingerprint density at radius 2 is 1.84 bits per heavy atom. The maximum absolute atomic E-state index is 15.3. The highest BCUT2D eigenvalue weighted by Gasteiger charge is 2.87. The van der Waals surface area contributed by atoms with Crippen LogP contribution in [0.2, 0.25) is 5.02 Å². The normalized spacial score (nSPS) is 27.9. The molecule has 1 N–H and O–H groups in total. The lowest BCUT2D eigenvalue weighted by atomic mass is 10.0. The highest BCUT2D eigenvalue weighted by atomic mass is 35.5. The van der Waals surface area contributed by atoms with Gasteiger partial charge in [-0.25, -0.2) is 9.18 Å². The molecule has 4 unspecified atom stereocenters. The van der Waals surface area contributed by atoms with Gasteiger partial charge in [0.05, 0.1) is 11.2 Å². The lowest BCUT2D eigenvalue weighted by molar-refractivity contribution is -0.121. The molecule has 4 atom stereocenters. The van der Waals surface area contributed by atoms with Crippen LogP contribution in [-0.4, -0.2) is 34.1 Å². The van der Waals surface area contributed by atoms with Crippen molar-refractivity contribution in [3.63, 3.8) is 0 Å². The molecular formula is C24H24ClFN2O3. The van der Waals surface area contributed by atoms with Crippen molar-refractivity contribution in [2.75, 3.05) is 5.32 Å². The van der Waals surface area contributed by atoms with Gasteiger partial charge in [-0.1, -0.05) is 41.9 Å². The molecule has 3 fully saturated rings. The monoisotopic (exact) mass is 442 g/mol. The Morgan fingerprint density at radius 3 is 2.52 bits per heavy atom. The van der Waals surface area contributed by atoms with E-state index < -0.39 is 29.5 Å². The van der Waals surface area contributed by atoms with Gasteiger partial charge < -0.3 is 10.1 Å². The molecule has 3 aliphatic rings. The minimum absolute atomic E-state index is 0.0666. The largest absolute Gasteiger partial charge is 0.444 e. The molecule has 2 aromatic carbocycles. The highest BCUT2D eigenvalue weighted by molar-refractivity contribution is 6.33. The third-order valence-corrected chi connectivity index (χ3v) is 6.93. The number of benzene rings is 2. The van der Waals surface area contributed by atoms with Gasteiger partial charge in [-0.3, -0.25) is 9.69 Å². The second kappa shape index (κ2) is 6.70. The molecule has 1 saturated heterocycles. The quantitative estimate of drug-likeness (QED) is 0.684. The van der Waals surface area contributed by atoms with Gasteiger partial charge in [0.1, 0.15) is 11.6 Å². The van der Waals surface area contributed by atoms with Crippen LogP contribution in [0.15, 0.2) is 42.5 Å². The lowest BCUT2D eigenvalue weighted by Crippen LogP contribution is -2.49. The number of rotatable bonds is 3. The molecule has 0 bridgehead atoms. The number of carbonyl (C=O) groups excluding carboxylic acids is 2. The van der Waals surface area contributed by atoms with E-state index in [0.29, 0.717) is 34.4 Å². The number of nitrogens with zero attached hydrogens (tertiary/aromatic N) is 1. The van der Waals surface area contributed by atoms with Crippen molar-refractivity contribution in [3.05, 3.63) is 53.3 Å². The van der Waals surface area contributed by atoms with Crippen LogP contribution in [0.3, 0.4) is 0 Å². The number of ether oxygens (including phenoxy) is 1. The molecule has 1 aliphatic heterocycles. The Kier molecular flexibility index (Phi) is 4.39. The Morgan fingerprint density at radius 1 is 1.13 bits per heavy atom. The van der Waals surface area contributed by atoms with Crippen molar-refractivity contribution >= 4 is 29.3 Å². The fraction of sp³-hybridized carbons (Fsp3) is 0.417. The van der Waals surface area contributed by atoms with E-state index in [2.05, 4.69) is 5.32 Å². The number of nitrogens with one attached hydrogen (secondary N) is 1. The van der Waals surface area contributed by atoms with E-state index in [4.69, 9.17) is 16.3 Å². The summed E-state index contributed by atoms with van der Waals surface area (Å²) in [6.45, 7) is 5.41. The predicted octanol–water partition coefficient (Wildman–Crippen LogP) is 5.48. The molecule has 31 heavy (non-hydrogen) atoms. The van der Waals surface area contributed by atoms with E-state index in [1.165, 1.54) is 6.07 Å². The summed E-state index contributed by atoms with van der Waals surface area (Å²) in [5.41, 5.74) is 0.0542. The molecule has 5 rings (SSSR count). The Labute approximate surface area is 185 Å². The number of hydrogen-bond donors (Lipinski definition) is 1. The maximum atomic E-state index is 15.3. The summed E-state index contributed by atoms with van der Waals surface area (Å²) in [6.07, 6.45) is 1.03. The summed E-state index contributed by atoms with van der Waals surface area (Å²) in [7, 11) is 0. The summed E-state index contributed by atoms with van der Waals surface area (Å²) < 4.78 is 20.8. The fourth-order valence-electron chi connectivity index (χ4n) is 5.04. The molecule has 7 heteroatoms. The summed E-state index contributed by atoms with van der Waals surface area (Å²) in [5.74, 6) is -0.133. The van der Waals surface area contributed by atoms with Crippen molar-refractivity contribution in [3.8, 4) is 11.1 Å². The SMILES string of the molecule is CC(C)(C)OC(=O)N1C(C(=O)Nc2cccc(-c3ccccc3Cl)c2F)CC2C3CC231. The number of halogens is 2. The zero-order chi connectivity index (χ0) is 22.1. The third-order valence-electron chi connectivity index (χ3n) is 6.60. The minimum atomic E-state index is -0.665. The van der Waals surface area contributed by atoms with Gasteiger partial charge in [0.15, 0.2) is 5.82 Å². The van der Waals surface area contributed by atoms with Gasteiger partial charge >= 0.3 is 6.09 Å². The van der Waals surface area contributed by atoms with Crippen LogP contribution in [0.4, 0.5) is 14.9 Å². The molecule has 1 heterocycles. The van der Waals surface area contributed by atoms with E-state index in [9.17, 15) is 9.59 Å². The van der Waals surface area contributed by atoms with E-state index in [1.807, 2.05) is 0 Å². The first-order valence-electron chi connectivity index (χ1n) is 10.5. The van der Waals surface area contributed by atoms with Crippen LogP contribution in [0, 0.1) is 17.7 Å². The van der Waals surface area contributed by atoms with Crippen LogP contribution in [0.25, 0.3) is 11.1 Å². The molecule has 2 aromatic rings. The first kappa shape index (κ1) is 20.3. The molecule has 162 valence electrons. The molecule has 2 saturated carbocycles. The first-order valence-corrected chi connectivity index (χ1v) is 10.9. The summed E-state index contributed by atoms with van der Waals surface area (Å²) in [6, 6.07) is 11.1. The van der Waals surface area contributed by atoms with Gasteiger partial charge in [-0.05, 0) is 57.6 Å². The van der Waals surface area contributed by atoms with Crippen molar-refractivity contribution in [1.82, 2.24) is 4.90 Å². The van der Waals surface area contributed by atoms with Crippen LogP contribution < -0.4 is 5.32 Å². The molecular weight excluding hydrogens is 419 g/mol. The Hall–Kier alpha value is -2.60. The van der Waals surface area contributed by atoms with E-state index in [1.54, 1.807) is 62.1 Å². The van der Waals surface area contributed by atoms with Crippen LogP contribution in [0.5, 0.6) is 0 Å². The molecule has 0 aromatic heterocycles. The highest BCUT2D eigenvalue weighted by Crippen LogP contribution is 2.80. The zero-order valence-electron chi connectivity index (χ0n) is 17.6. The number of carbonyl (C=O) groups is 2. The molecule has 2 aliphatic carbocycles. The maximum Gasteiger partial charge on any atom is 0.411 e. The smallest absolute Gasteiger partial charge is 0.411 e. The van der Waals surface area contributed by atoms with Gasteiger partial charge in [0.2, 0.25) is 5.91 Å². The second-order valence-electron chi connectivity index (χ2n) is 9.65. The van der Waals surface area contributed by atoms with Crippen LogP contribution >= 0.6 is 11.6 Å². The van der Waals surface area contributed by atoms with Gasteiger partial charge in [0, 0.05) is 16.1 Å². The summed E-state index contributed by atoms with van der Waals surface area (Å²) in [5, 5.41) is 3.13. The van der Waals surface area contributed by atoms with Crippen LogP contribution in [-0.2, 0) is 9.53 Å². The molecule has 1 spiro atoms. The Balaban J connectivity index is 1.39. The second-order valence-corrected chi connectivity index (χ2v) is 10.1. The minimum Gasteiger partial charge on any atom is -0.444 e. The topological polar surface area (TPSA) is 58.6 Å². The van der Waals surface area contributed by atoms with Crippen molar-refractivity contribution < 1.29 is 18.7 Å². The third kappa shape index (κ3) is 3.19. The Bertz CT molecular complexity index is 1100. The average Bonchev–Trinajstić information content (AvgIpc) is 3.53. The van der Waals surface area contributed by atoms with E-state index in [0.717, 1.165) is 6.42 Å². The number of anilines is 1. The van der Waals surface area contributed by atoms with Gasteiger partial charge in [-0.15, -0.1) is 0 Å². The number of fused-ring (bicyclic) bond motifs is 1. The summed E-state index contributed by atoms with van der Waals surface area (Å²) in [4.78, 5) is 27.6. The number of piperidine rings is 1. The first-order chi connectivity index (χ1) is 14.6. The lowest BCUT2D eigenvalue weighted by Gasteiger charge is -2.31. The molecule has 2 amide bonds. The zero-order valence-corrected chi connectivity index (χ0v) is 18.4. The van der Waals surface area contributed by atoms with E-state index in [-0.39, 0.29) is 11.2 Å². The van der Waals surface area contributed by atoms with Crippen molar-refractivity contribution in [1.29, 1.82) is 0 Å². The number of hydrogen-bond acceptors (Lipinski definition) is 3. The predicted molar refractivity (Wildman–Crippen MR) is 116 cm³/mol.